The Bertz CT molecular complexity index is 356. The number of carbonyl (C=O) groups excluding carboxylic acids is 1. The molecule has 1 aromatic heterocycles. The zero-order chi connectivity index (χ0) is 11.4. The molecule has 0 spiro atoms. The van der Waals surface area contributed by atoms with Gasteiger partial charge in [0.2, 0.25) is 5.91 Å². The maximum absolute atomic E-state index is 11.7. The zero-order valence-corrected chi connectivity index (χ0v) is 10.4. The summed E-state index contributed by atoms with van der Waals surface area (Å²) in [7, 11) is 0. The average Bonchev–Trinajstić information content (AvgIpc) is 2.96. The largest absolute Gasteiger partial charge is 0.350 e. The smallest absolute Gasteiger partial charge is 0.237 e. The molecule has 0 saturated carbocycles. The van der Waals surface area contributed by atoms with Crippen molar-refractivity contribution in [2.75, 3.05) is 6.54 Å². The number of hydrogen-bond acceptors (Lipinski definition) is 3. The van der Waals surface area contributed by atoms with Crippen molar-refractivity contribution in [3.63, 3.8) is 0 Å². The molecule has 2 N–H and O–H groups in total. The van der Waals surface area contributed by atoms with E-state index in [1.807, 2.05) is 0 Å². The molecule has 88 valence electrons. The Balaban J connectivity index is 1.80. The second-order valence-electron chi connectivity index (χ2n) is 4.09. The van der Waals surface area contributed by atoms with E-state index in [1.54, 1.807) is 11.3 Å². The average molecular weight is 238 g/mol. The van der Waals surface area contributed by atoms with Crippen molar-refractivity contribution >= 4 is 17.2 Å². The molecule has 1 amide bonds. The Hall–Kier alpha value is -0.870. The van der Waals surface area contributed by atoms with Gasteiger partial charge in [-0.15, -0.1) is 11.3 Å². The van der Waals surface area contributed by atoms with Gasteiger partial charge in [-0.25, -0.2) is 0 Å². The van der Waals surface area contributed by atoms with Gasteiger partial charge < -0.3 is 10.6 Å². The van der Waals surface area contributed by atoms with Crippen molar-refractivity contribution in [3.8, 4) is 0 Å². The quantitative estimate of drug-likeness (QED) is 0.838. The van der Waals surface area contributed by atoms with Gasteiger partial charge in [0.15, 0.2) is 0 Å². The highest BCUT2D eigenvalue weighted by molar-refractivity contribution is 7.11. The normalized spacial score (nSPS) is 19.9. The van der Waals surface area contributed by atoms with E-state index < -0.39 is 0 Å². The molecule has 16 heavy (non-hydrogen) atoms. The van der Waals surface area contributed by atoms with Crippen LogP contribution in [0.25, 0.3) is 0 Å². The van der Waals surface area contributed by atoms with Gasteiger partial charge in [0, 0.05) is 9.75 Å². The summed E-state index contributed by atoms with van der Waals surface area (Å²) in [6.07, 6.45) is 3.15. The van der Waals surface area contributed by atoms with Crippen LogP contribution in [0.3, 0.4) is 0 Å². The second-order valence-corrected chi connectivity index (χ2v) is 5.34. The molecule has 3 nitrogen and oxygen atoms in total. The third-order valence-corrected chi connectivity index (χ3v) is 4.11. The first-order valence-corrected chi connectivity index (χ1v) is 6.70. The Morgan fingerprint density at radius 2 is 2.38 bits per heavy atom. The lowest BCUT2D eigenvalue weighted by Crippen LogP contribution is -2.39. The minimum absolute atomic E-state index is 0.0330. The second kappa shape index (κ2) is 5.46. The monoisotopic (exact) mass is 238 g/mol. The van der Waals surface area contributed by atoms with E-state index >= 15 is 0 Å². The Labute approximate surface area is 100 Å². The van der Waals surface area contributed by atoms with Gasteiger partial charge in [-0.2, -0.15) is 0 Å². The summed E-state index contributed by atoms with van der Waals surface area (Å²) < 4.78 is 0. The molecule has 1 aliphatic heterocycles. The lowest BCUT2D eigenvalue weighted by atomic mass is 10.2. The zero-order valence-electron chi connectivity index (χ0n) is 9.58. The first kappa shape index (κ1) is 11.6. The molecule has 0 aromatic carbocycles. The highest BCUT2D eigenvalue weighted by Gasteiger charge is 2.21. The van der Waals surface area contributed by atoms with E-state index in [2.05, 4.69) is 29.7 Å². The van der Waals surface area contributed by atoms with E-state index in [9.17, 15) is 4.79 Å². The maximum Gasteiger partial charge on any atom is 0.237 e. The predicted octanol–water partition coefficient (Wildman–Crippen LogP) is 1.68. The van der Waals surface area contributed by atoms with Gasteiger partial charge in [-0.3, -0.25) is 4.79 Å². The fraction of sp³-hybridized carbons (Fsp3) is 0.583. The van der Waals surface area contributed by atoms with Gasteiger partial charge in [0.1, 0.15) is 0 Å². The molecule has 1 atom stereocenters. The number of amides is 1. The topological polar surface area (TPSA) is 41.1 Å². The molecular weight excluding hydrogens is 220 g/mol. The van der Waals surface area contributed by atoms with Crippen LogP contribution in [-0.2, 0) is 17.8 Å². The van der Waals surface area contributed by atoms with E-state index in [4.69, 9.17) is 0 Å². The summed E-state index contributed by atoms with van der Waals surface area (Å²) in [4.78, 5) is 14.3. The number of nitrogens with one attached hydrogen (secondary N) is 2. The Morgan fingerprint density at radius 1 is 1.56 bits per heavy atom. The third kappa shape index (κ3) is 2.83. The van der Waals surface area contributed by atoms with Crippen LogP contribution < -0.4 is 10.6 Å². The minimum Gasteiger partial charge on any atom is -0.350 e. The summed E-state index contributed by atoms with van der Waals surface area (Å²) in [5, 5.41) is 6.19. The molecule has 0 unspecified atom stereocenters. The van der Waals surface area contributed by atoms with Gasteiger partial charge in [-0.1, -0.05) is 6.92 Å². The van der Waals surface area contributed by atoms with Crippen LogP contribution in [0.2, 0.25) is 0 Å². The van der Waals surface area contributed by atoms with Gasteiger partial charge in [-0.05, 0) is 37.9 Å². The maximum atomic E-state index is 11.7. The fourth-order valence-corrected chi connectivity index (χ4v) is 2.81. The molecule has 0 aliphatic carbocycles. The molecule has 2 heterocycles. The van der Waals surface area contributed by atoms with E-state index in [-0.39, 0.29) is 11.9 Å². The third-order valence-electron chi connectivity index (χ3n) is 2.88. The molecule has 2 rings (SSSR count). The summed E-state index contributed by atoms with van der Waals surface area (Å²) in [5.41, 5.74) is 0. The highest BCUT2D eigenvalue weighted by Crippen LogP contribution is 2.16. The summed E-state index contributed by atoms with van der Waals surface area (Å²) in [6.45, 7) is 3.79. The number of aryl methyl sites for hydroxylation is 1. The van der Waals surface area contributed by atoms with Crippen molar-refractivity contribution in [2.45, 2.75) is 38.8 Å². The first-order valence-electron chi connectivity index (χ1n) is 5.88. The molecular formula is C12H18N2OS. The molecule has 1 fully saturated rings. The molecule has 0 bridgehead atoms. The molecule has 1 aliphatic rings. The Morgan fingerprint density at radius 3 is 3.00 bits per heavy atom. The van der Waals surface area contributed by atoms with Crippen molar-refractivity contribution in [2.24, 2.45) is 0 Å². The van der Waals surface area contributed by atoms with Gasteiger partial charge >= 0.3 is 0 Å². The van der Waals surface area contributed by atoms with E-state index in [1.165, 1.54) is 9.75 Å². The van der Waals surface area contributed by atoms with Crippen molar-refractivity contribution in [1.29, 1.82) is 0 Å². The van der Waals surface area contributed by atoms with Gasteiger partial charge in [0.05, 0.1) is 12.6 Å². The lowest BCUT2D eigenvalue weighted by molar-refractivity contribution is -0.122. The fourth-order valence-electron chi connectivity index (χ4n) is 1.91. The summed E-state index contributed by atoms with van der Waals surface area (Å²) in [6, 6.07) is 4.27. The molecule has 1 saturated heterocycles. The number of rotatable bonds is 4. The van der Waals surface area contributed by atoms with Crippen LogP contribution in [-0.4, -0.2) is 18.5 Å². The first-order chi connectivity index (χ1) is 7.79. The summed E-state index contributed by atoms with van der Waals surface area (Å²) in [5.74, 6) is 0.143. The van der Waals surface area contributed by atoms with Crippen molar-refractivity contribution < 1.29 is 4.79 Å². The lowest BCUT2D eigenvalue weighted by Gasteiger charge is -2.09. The van der Waals surface area contributed by atoms with Crippen LogP contribution >= 0.6 is 11.3 Å². The van der Waals surface area contributed by atoms with Crippen molar-refractivity contribution in [1.82, 2.24) is 10.6 Å². The van der Waals surface area contributed by atoms with Crippen LogP contribution in [0, 0.1) is 0 Å². The van der Waals surface area contributed by atoms with E-state index in [0.717, 1.165) is 25.8 Å². The predicted molar refractivity (Wildman–Crippen MR) is 66.6 cm³/mol. The Kier molecular flexibility index (Phi) is 3.96. The SMILES string of the molecule is CCc1ccc(CNC(=O)[C@@H]2CCCN2)s1. The minimum atomic E-state index is 0.0330. The van der Waals surface area contributed by atoms with Crippen LogP contribution in [0.1, 0.15) is 29.5 Å². The number of thiophene rings is 1. The molecule has 0 radical (unpaired) electrons. The number of carbonyl (C=O) groups is 1. The van der Waals surface area contributed by atoms with Crippen LogP contribution in [0.15, 0.2) is 12.1 Å². The van der Waals surface area contributed by atoms with E-state index in [0.29, 0.717) is 6.54 Å². The van der Waals surface area contributed by atoms with Gasteiger partial charge in [0.25, 0.3) is 0 Å². The van der Waals surface area contributed by atoms with Crippen LogP contribution in [0.5, 0.6) is 0 Å². The highest BCUT2D eigenvalue weighted by atomic mass is 32.1. The van der Waals surface area contributed by atoms with Crippen molar-refractivity contribution in [3.05, 3.63) is 21.9 Å². The number of hydrogen-bond donors (Lipinski definition) is 2. The summed E-state index contributed by atoms with van der Waals surface area (Å²) >= 11 is 1.78. The molecule has 4 heteroatoms. The van der Waals surface area contributed by atoms with Crippen LogP contribution in [0.4, 0.5) is 0 Å². The standard InChI is InChI=1S/C12H18N2OS/c1-2-9-5-6-10(16-9)8-14-12(15)11-4-3-7-13-11/h5-6,11,13H,2-4,7-8H2,1H3,(H,14,15)/t11-/m0/s1. The molecule has 1 aromatic rings.